The summed E-state index contributed by atoms with van der Waals surface area (Å²) in [4.78, 5) is 35.4. The zero-order valence-electron chi connectivity index (χ0n) is 10.3. The molecular formula is C13H13NO5. The number of rotatable bonds is 3. The van der Waals surface area contributed by atoms with Gasteiger partial charge in [-0.15, -0.1) is 0 Å². The van der Waals surface area contributed by atoms with Crippen LogP contribution in [0, 0.1) is 5.92 Å². The second kappa shape index (κ2) is 5.09. The van der Waals surface area contributed by atoms with Crippen LogP contribution >= 0.6 is 0 Å². The van der Waals surface area contributed by atoms with Gasteiger partial charge in [0, 0.05) is 18.7 Å². The average Bonchev–Trinajstić information content (AvgIpc) is 2.80. The van der Waals surface area contributed by atoms with Crippen molar-refractivity contribution in [2.45, 2.75) is 6.42 Å². The number of benzene rings is 1. The molecule has 1 aromatic rings. The zero-order chi connectivity index (χ0) is 14.0. The molecule has 1 atom stereocenters. The van der Waals surface area contributed by atoms with Gasteiger partial charge in [-0.25, -0.2) is 4.79 Å². The van der Waals surface area contributed by atoms with Gasteiger partial charge in [-0.2, -0.15) is 0 Å². The highest BCUT2D eigenvalue weighted by Gasteiger charge is 2.35. The number of carboxylic acids is 1. The molecular weight excluding hydrogens is 250 g/mol. The standard InChI is InChI=1S/C13H13NO5/c1-19-13(18)9-6-11(15)14(7-9)10-4-2-8(3-5-10)12(16)17/h2-5,9H,6-7H2,1H3,(H,16,17). The number of carbonyl (C=O) groups excluding carboxylic acids is 2. The monoisotopic (exact) mass is 263 g/mol. The molecule has 0 spiro atoms. The van der Waals surface area contributed by atoms with E-state index in [1.807, 2.05) is 0 Å². The highest BCUT2D eigenvalue weighted by Crippen LogP contribution is 2.26. The van der Waals surface area contributed by atoms with Gasteiger partial charge < -0.3 is 14.7 Å². The Labute approximate surface area is 109 Å². The van der Waals surface area contributed by atoms with Crippen LogP contribution < -0.4 is 4.90 Å². The molecule has 100 valence electrons. The molecule has 1 aliphatic heterocycles. The van der Waals surface area contributed by atoms with Crippen LogP contribution in [0.15, 0.2) is 24.3 Å². The Hall–Kier alpha value is -2.37. The number of carboxylic acid groups (broad SMARTS) is 1. The quantitative estimate of drug-likeness (QED) is 0.819. The van der Waals surface area contributed by atoms with E-state index >= 15 is 0 Å². The van der Waals surface area contributed by atoms with Crippen molar-refractivity contribution in [1.29, 1.82) is 0 Å². The molecule has 0 bridgehead atoms. The minimum Gasteiger partial charge on any atom is -0.478 e. The highest BCUT2D eigenvalue weighted by molar-refractivity contribution is 5.99. The molecule has 2 rings (SSSR count). The molecule has 6 nitrogen and oxygen atoms in total. The lowest BCUT2D eigenvalue weighted by molar-refractivity contribution is -0.145. The van der Waals surface area contributed by atoms with Crippen LogP contribution in [0.25, 0.3) is 0 Å². The number of hydrogen-bond donors (Lipinski definition) is 1. The van der Waals surface area contributed by atoms with Crippen LogP contribution in [0.2, 0.25) is 0 Å². The average molecular weight is 263 g/mol. The predicted molar refractivity (Wildman–Crippen MR) is 65.9 cm³/mol. The van der Waals surface area contributed by atoms with E-state index in [1.165, 1.54) is 24.1 Å². The van der Waals surface area contributed by atoms with Crippen LogP contribution in [-0.2, 0) is 14.3 Å². The summed E-state index contributed by atoms with van der Waals surface area (Å²) in [6.45, 7) is 0.262. The van der Waals surface area contributed by atoms with Gasteiger partial charge >= 0.3 is 11.9 Å². The van der Waals surface area contributed by atoms with Gasteiger partial charge in [-0.3, -0.25) is 9.59 Å². The summed E-state index contributed by atoms with van der Waals surface area (Å²) in [6, 6.07) is 5.97. The first-order valence-electron chi connectivity index (χ1n) is 5.74. The maximum atomic E-state index is 11.8. The molecule has 1 unspecified atom stereocenters. The van der Waals surface area contributed by atoms with Crippen LogP contribution in [0.3, 0.4) is 0 Å². The lowest BCUT2D eigenvalue weighted by Crippen LogP contribution is -2.26. The van der Waals surface area contributed by atoms with Crippen molar-refractivity contribution in [2.75, 3.05) is 18.6 Å². The molecule has 0 aliphatic carbocycles. The fourth-order valence-electron chi connectivity index (χ4n) is 2.07. The second-order valence-electron chi connectivity index (χ2n) is 4.28. The Morgan fingerprint density at radius 2 is 1.95 bits per heavy atom. The van der Waals surface area contributed by atoms with E-state index in [4.69, 9.17) is 5.11 Å². The van der Waals surface area contributed by atoms with Crippen molar-refractivity contribution in [3.8, 4) is 0 Å². The first-order valence-corrected chi connectivity index (χ1v) is 5.74. The molecule has 1 heterocycles. The summed E-state index contributed by atoms with van der Waals surface area (Å²) in [5.74, 6) is -2.06. The van der Waals surface area contributed by atoms with Crippen molar-refractivity contribution in [3.05, 3.63) is 29.8 Å². The fourth-order valence-corrected chi connectivity index (χ4v) is 2.07. The maximum absolute atomic E-state index is 11.8. The SMILES string of the molecule is COC(=O)C1CC(=O)N(c2ccc(C(=O)O)cc2)C1. The largest absolute Gasteiger partial charge is 0.478 e. The third-order valence-electron chi connectivity index (χ3n) is 3.09. The lowest BCUT2D eigenvalue weighted by atomic mass is 10.1. The van der Waals surface area contributed by atoms with Crippen LogP contribution in [-0.4, -0.2) is 36.6 Å². The molecule has 1 aromatic carbocycles. The summed E-state index contributed by atoms with van der Waals surface area (Å²) >= 11 is 0. The van der Waals surface area contributed by atoms with Gasteiger partial charge in [0.05, 0.1) is 18.6 Å². The summed E-state index contributed by atoms with van der Waals surface area (Å²) in [6.07, 6.45) is 0.118. The Balaban J connectivity index is 2.16. The number of amides is 1. The molecule has 6 heteroatoms. The van der Waals surface area contributed by atoms with E-state index in [2.05, 4.69) is 4.74 Å². The Morgan fingerprint density at radius 1 is 1.32 bits per heavy atom. The molecule has 0 radical (unpaired) electrons. The molecule has 0 aromatic heterocycles. The van der Waals surface area contributed by atoms with E-state index in [0.717, 1.165) is 0 Å². The first kappa shape index (κ1) is 13.1. The fraction of sp³-hybridized carbons (Fsp3) is 0.308. The van der Waals surface area contributed by atoms with Gasteiger partial charge in [-0.1, -0.05) is 0 Å². The predicted octanol–water partition coefficient (Wildman–Crippen LogP) is 0.911. The lowest BCUT2D eigenvalue weighted by Gasteiger charge is -2.16. The number of nitrogens with zero attached hydrogens (tertiary/aromatic N) is 1. The smallest absolute Gasteiger partial charge is 0.335 e. The summed E-state index contributed by atoms with van der Waals surface area (Å²) in [5.41, 5.74) is 0.737. The highest BCUT2D eigenvalue weighted by atomic mass is 16.5. The van der Waals surface area contributed by atoms with Gasteiger partial charge in [0.25, 0.3) is 0 Å². The number of hydrogen-bond acceptors (Lipinski definition) is 4. The van der Waals surface area contributed by atoms with Crippen LogP contribution in [0.4, 0.5) is 5.69 Å². The number of aromatic carboxylic acids is 1. The number of methoxy groups -OCH3 is 1. The maximum Gasteiger partial charge on any atom is 0.335 e. The molecule has 1 aliphatic rings. The zero-order valence-corrected chi connectivity index (χ0v) is 10.3. The summed E-state index contributed by atoms with van der Waals surface area (Å²) in [5, 5.41) is 8.80. The van der Waals surface area contributed by atoms with Gasteiger partial charge in [0.15, 0.2) is 0 Å². The molecule has 1 fully saturated rings. The number of esters is 1. The van der Waals surface area contributed by atoms with E-state index in [-0.39, 0.29) is 24.4 Å². The number of ether oxygens (including phenoxy) is 1. The summed E-state index contributed by atoms with van der Waals surface area (Å²) in [7, 11) is 1.29. The number of anilines is 1. The van der Waals surface area contributed by atoms with Crippen LogP contribution in [0.1, 0.15) is 16.8 Å². The van der Waals surface area contributed by atoms with Crippen molar-refractivity contribution < 1.29 is 24.2 Å². The molecule has 0 saturated carbocycles. The van der Waals surface area contributed by atoms with Crippen LogP contribution in [0.5, 0.6) is 0 Å². The Bertz CT molecular complexity index is 522. The second-order valence-corrected chi connectivity index (χ2v) is 4.28. The van der Waals surface area contributed by atoms with E-state index < -0.39 is 17.9 Å². The Kier molecular flexibility index (Phi) is 3.50. The van der Waals surface area contributed by atoms with Gasteiger partial charge in [0.2, 0.25) is 5.91 Å². The van der Waals surface area contributed by atoms with E-state index in [9.17, 15) is 14.4 Å². The van der Waals surface area contributed by atoms with Gasteiger partial charge in [0.1, 0.15) is 0 Å². The van der Waals surface area contributed by atoms with E-state index in [1.54, 1.807) is 12.1 Å². The molecule has 1 amide bonds. The summed E-state index contributed by atoms with van der Waals surface area (Å²) < 4.78 is 4.62. The molecule has 1 saturated heterocycles. The molecule has 19 heavy (non-hydrogen) atoms. The first-order chi connectivity index (χ1) is 9.02. The van der Waals surface area contributed by atoms with Crippen molar-refractivity contribution >= 4 is 23.5 Å². The molecule has 1 N–H and O–H groups in total. The normalized spacial score (nSPS) is 18.5. The van der Waals surface area contributed by atoms with Crippen molar-refractivity contribution in [3.63, 3.8) is 0 Å². The van der Waals surface area contributed by atoms with Crippen molar-refractivity contribution in [1.82, 2.24) is 0 Å². The Morgan fingerprint density at radius 3 is 2.47 bits per heavy atom. The van der Waals surface area contributed by atoms with Gasteiger partial charge in [-0.05, 0) is 24.3 Å². The van der Waals surface area contributed by atoms with E-state index in [0.29, 0.717) is 5.69 Å². The minimum atomic E-state index is -1.02. The topological polar surface area (TPSA) is 83.9 Å². The third kappa shape index (κ3) is 2.57. The number of carbonyl (C=O) groups is 3. The minimum absolute atomic E-state index is 0.118. The third-order valence-corrected chi connectivity index (χ3v) is 3.09. The van der Waals surface area contributed by atoms with Crippen molar-refractivity contribution in [2.24, 2.45) is 5.92 Å².